The Morgan fingerprint density at radius 2 is 1.76 bits per heavy atom. The van der Waals surface area contributed by atoms with E-state index in [2.05, 4.69) is 26.3 Å². The molecule has 1 aromatic heterocycles. The van der Waals surface area contributed by atoms with E-state index in [1.807, 2.05) is 38.1 Å². The molecule has 0 radical (unpaired) electrons. The van der Waals surface area contributed by atoms with E-state index < -0.39 is 10.0 Å². The summed E-state index contributed by atoms with van der Waals surface area (Å²) in [5, 5.41) is 10.2. The first-order chi connectivity index (χ1) is 13.8. The number of benzene rings is 2. The molecule has 7 nitrogen and oxygen atoms in total. The third-order valence-electron chi connectivity index (χ3n) is 4.15. The van der Waals surface area contributed by atoms with Crippen LogP contribution in [-0.4, -0.2) is 31.1 Å². The lowest BCUT2D eigenvalue weighted by molar-refractivity contribution is 0.102. The minimum absolute atomic E-state index is 0.136. The molecule has 0 aliphatic heterocycles. The Bertz CT molecular complexity index is 1110. The van der Waals surface area contributed by atoms with Crippen molar-refractivity contribution in [3.05, 3.63) is 70.8 Å². The fraction of sp³-hybridized carbons (Fsp3) is 0.250. The summed E-state index contributed by atoms with van der Waals surface area (Å²) in [4.78, 5) is 12.3. The molecule has 29 heavy (non-hydrogen) atoms. The van der Waals surface area contributed by atoms with Crippen LogP contribution in [0.1, 0.15) is 33.5 Å². The largest absolute Gasteiger partial charge is 0.296 e. The first-order valence-electron chi connectivity index (χ1n) is 9.10. The van der Waals surface area contributed by atoms with Crippen LogP contribution < -0.4 is 10.0 Å². The topological polar surface area (TPSA) is 101 Å². The number of sulfonamides is 1. The Balaban J connectivity index is 1.54. The number of aryl methyl sites for hydroxylation is 3. The zero-order valence-corrected chi connectivity index (χ0v) is 17.8. The van der Waals surface area contributed by atoms with Crippen molar-refractivity contribution in [2.45, 2.75) is 31.0 Å². The summed E-state index contributed by atoms with van der Waals surface area (Å²) in [7, 11) is -3.77. The van der Waals surface area contributed by atoms with E-state index in [4.69, 9.17) is 0 Å². The quantitative estimate of drug-likeness (QED) is 0.422. The molecule has 1 heterocycles. The van der Waals surface area contributed by atoms with E-state index in [1.54, 1.807) is 18.2 Å². The zero-order chi connectivity index (χ0) is 20.9. The molecule has 1 amide bonds. The molecular weight excluding hydrogens is 408 g/mol. The molecule has 2 N–H and O–H groups in total. The molecule has 0 atom stereocenters. The summed E-state index contributed by atoms with van der Waals surface area (Å²) < 4.78 is 27.2. The summed E-state index contributed by atoms with van der Waals surface area (Å²) in [5.74, 6) is -0.361. The molecule has 0 bridgehead atoms. The number of carbonyl (C=O) groups is 1. The van der Waals surface area contributed by atoms with Crippen molar-refractivity contribution in [1.29, 1.82) is 0 Å². The molecule has 2 aromatic carbocycles. The second kappa shape index (κ2) is 9.25. The lowest BCUT2D eigenvalue weighted by atomic mass is 10.1. The predicted octanol–water partition coefficient (Wildman–Crippen LogP) is 3.32. The number of nitrogens with one attached hydrogen (secondary N) is 2. The molecule has 0 saturated heterocycles. The van der Waals surface area contributed by atoms with Crippen LogP contribution in [0.2, 0.25) is 0 Å². The Morgan fingerprint density at radius 1 is 1.03 bits per heavy atom. The molecule has 152 valence electrons. The highest BCUT2D eigenvalue weighted by atomic mass is 32.2. The minimum atomic E-state index is -3.77. The number of amides is 1. The van der Waals surface area contributed by atoms with Crippen molar-refractivity contribution < 1.29 is 13.2 Å². The van der Waals surface area contributed by atoms with Crippen LogP contribution in [0.3, 0.4) is 0 Å². The minimum Gasteiger partial charge on any atom is -0.296 e. The van der Waals surface area contributed by atoms with Gasteiger partial charge in [-0.25, -0.2) is 13.1 Å². The average molecular weight is 431 g/mol. The Hall–Kier alpha value is -2.62. The van der Waals surface area contributed by atoms with Crippen molar-refractivity contribution in [2.24, 2.45) is 0 Å². The molecular formula is C20H22N4O3S2. The molecule has 0 fully saturated rings. The van der Waals surface area contributed by atoms with Gasteiger partial charge < -0.3 is 0 Å². The zero-order valence-electron chi connectivity index (χ0n) is 16.2. The van der Waals surface area contributed by atoms with Crippen LogP contribution in [0.5, 0.6) is 0 Å². The van der Waals surface area contributed by atoms with Crippen LogP contribution >= 0.6 is 11.3 Å². The van der Waals surface area contributed by atoms with Crippen LogP contribution in [-0.2, 0) is 16.4 Å². The van der Waals surface area contributed by atoms with E-state index in [0.29, 0.717) is 18.5 Å². The Morgan fingerprint density at radius 3 is 2.48 bits per heavy atom. The SMILES string of the molecule is Cc1cccc(CCCNS(=O)(=O)c2nnc(NC(=O)c3cccc(C)c3)s2)c1. The first kappa shape index (κ1) is 21.1. The molecule has 3 aromatic rings. The number of anilines is 1. The van der Waals surface area contributed by atoms with E-state index in [9.17, 15) is 13.2 Å². The number of aromatic nitrogens is 2. The summed E-state index contributed by atoms with van der Waals surface area (Å²) in [6, 6.07) is 15.2. The molecule has 9 heteroatoms. The highest BCUT2D eigenvalue weighted by molar-refractivity contribution is 7.91. The molecule has 0 aliphatic rings. The summed E-state index contributed by atoms with van der Waals surface area (Å²) in [6.07, 6.45) is 1.44. The number of hydrogen-bond donors (Lipinski definition) is 2. The number of hydrogen-bond acceptors (Lipinski definition) is 6. The van der Waals surface area contributed by atoms with Gasteiger partial charge in [-0.15, -0.1) is 10.2 Å². The standard InChI is InChI=1S/C20H22N4O3S2/c1-14-6-3-8-16(12-14)9-5-11-21-29(26,27)20-24-23-19(28-20)22-18(25)17-10-4-7-15(2)13-17/h3-4,6-8,10,12-13,21H,5,9,11H2,1-2H3,(H,22,23,25). The van der Waals surface area contributed by atoms with Crippen molar-refractivity contribution in [3.63, 3.8) is 0 Å². The molecule has 3 rings (SSSR count). The second-order valence-corrected chi connectivity index (χ2v) is 9.61. The molecule has 0 saturated carbocycles. The second-order valence-electron chi connectivity index (χ2n) is 6.69. The smallest absolute Gasteiger partial charge is 0.269 e. The normalized spacial score (nSPS) is 11.4. The number of rotatable bonds is 8. The summed E-state index contributed by atoms with van der Waals surface area (Å²) in [5.41, 5.74) is 3.77. The van der Waals surface area contributed by atoms with Gasteiger partial charge in [-0.05, 0) is 44.4 Å². The van der Waals surface area contributed by atoms with Gasteiger partial charge in [0.2, 0.25) is 9.47 Å². The Kier molecular flexibility index (Phi) is 6.73. The fourth-order valence-corrected chi connectivity index (χ4v) is 4.76. The van der Waals surface area contributed by atoms with Gasteiger partial charge in [0.15, 0.2) is 0 Å². The maximum absolute atomic E-state index is 12.4. The number of carbonyl (C=O) groups excluding carboxylic acids is 1. The van der Waals surface area contributed by atoms with E-state index in [0.717, 1.165) is 23.3 Å². The van der Waals surface area contributed by atoms with Gasteiger partial charge in [0.05, 0.1) is 0 Å². The molecule has 0 aliphatic carbocycles. The first-order valence-corrected chi connectivity index (χ1v) is 11.4. The van der Waals surface area contributed by atoms with Gasteiger partial charge >= 0.3 is 0 Å². The van der Waals surface area contributed by atoms with E-state index in [-0.39, 0.29) is 15.4 Å². The van der Waals surface area contributed by atoms with Crippen LogP contribution in [0, 0.1) is 13.8 Å². The van der Waals surface area contributed by atoms with Crippen molar-refractivity contribution >= 4 is 32.4 Å². The summed E-state index contributed by atoms with van der Waals surface area (Å²) >= 11 is 0.819. The maximum Gasteiger partial charge on any atom is 0.269 e. The van der Waals surface area contributed by atoms with E-state index in [1.165, 1.54) is 11.1 Å². The van der Waals surface area contributed by atoms with E-state index >= 15 is 0 Å². The lowest BCUT2D eigenvalue weighted by Gasteiger charge is -2.04. The fourth-order valence-electron chi connectivity index (χ4n) is 2.75. The predicted molar refractivity (Wildman–Crippen MR) is 114 cm³/mol. The average Bonchev–Trinajstić information content (AvgIpc) is 3.15. The summed E-state index contributed by atoms with van der Waals surface area (Å²) in [6.45, 7) is 4.20. The van der Waals surface area contributed by atoms with Crippen molar-refractivity contribution in [1.82, 2.24) is 14.9 Å². The van der Waals surface area contributed by atoms with Gasteiger partial charge in [-0.3, -0.25) is 10.1 Å². The van der Waals surface area contributed by atoms with Crippen molar-refractivity contribution in [2.75, 3.05) is 11.9 Å². The van der Waals surface area contributed by atoms with Gasteiger partial charge in [-0.1, -0.05) is 58.9 Å². The van der Waals surface area contributed by atoms with Gasteiger partial charge in [0, 0.05) is 12.1 Å². The van der Waals surface area contributed by atoms with Crippen LogP contribution in [0.25, 0.3) is 0 Å². The van der Waals surface area contributed by atoms with Gasteiger partial charge in [0.25, 0.3) is 15.9 Å². The molecule has 0 unspecified atom stereocenters. The lowest BCUT2D eigenvalue weighted by Crippen LogP contribution is -2.25. The third-order valence-corrected chi connectivity index (χ3v) is 6.82. The Labute approximate surface area is 174 Å². The number of nitrogens with zero attached hydrogens (tertiary/aromatic N) is 2. The van der Waals surface area contributed by atoms with Crippen molar-refractivity contribution in [3.8, 4) is 0 Å². The van der Waals surface area contributed by atoms with Gasteiger partial charge in [0.1, 0.15) is 0 Å². The van der Waals surface area contributed by atoms with Gasteiger partial charge in [-0.2, -0.15) is 0 Å². The van der Waals surface area contributed by atoms with Crippen LogP contribution in [0.15, 0.2) is 52.9 Å². The highest BCUT2D eigenvalue weighted by Gasteiger charge is 2.20. The molecule has 0 spiro atoms. The third kappa shape index (κ3) is 5.93. The highest BCUT2D eigenvalue weighted by Crippen LogP contribution is 2.20. The monoisotopic (exact) mass is 430 g/mol. The van der Waals surface area contributed by atoms with Crippen LogP contribution in [0.4, 0.5) is 5.13 Å². The maximum atomic E-state index is 12.4.